The van der Waals surface area contributed by atoms with Gasteiger partial charge in [-0.1, -0.05) is 46.3 Å². The molecule has 1 N–H and O–H groups in total. The molecular formula is C24H28BrN5O2. The molecule has 1 aromatic heterocycles. The van der Waals surface area contributed by atoms with Crippen LogP contribution in [0.15, 0.2) is 64.1 Å². The number of nitrogens with one attached hydrogen (secondary N) is 1. The van der Waals surface area contributed by atoms with Crippen LogP contribution in [0.1, 0.15) is 18.0 Å². The van der Waals surface area contributed by atoms with Gasteiger partial charge in [0.05, 0.1) is 23.3 Å². The van der Waals surface area contributed by atoms with E-state index in [1.807, 2.05) is 24.3 Å². The van der Waals surface area contributed by atoms with E-state index in [1.165, 1.54) is 10.9 Å². The molecule has 1 amide bonds. The number of likely N-dealkylation sites (N-methyl/N-ethyl adjacent to an activating group) is 1. The van der Waals surface area contributed by atoms with Crippen LogP contribution >= 0.6 is 15.9 Å². The molecule has 1 atom stereocenters. The van der Waals surface area contributed by atoms with Crippen LogP contribution in [0.25, 0.3) is 10.9 Å². The lowest BCUT2D eigenvalue weighted by Crippen LogP contribution is -2.47. The van der Waals surface area contributed by atoms with Crippen molar-refractivity contribution >= 4 is 32.7 Å². The smallest absolute Gasteiger partial charge is 0.261 e. The highest BCUT2D eigenvalue weighted by atomic mass is 79.9. The summed E-state index contributed by atoms with van der Waals surface area (Å²) in [6, 6.07) is 15.4. The maximum absolute atomic E-state index is 12.8. The number of carbonyl (C=O) groups is 1. The molecule has 1 fully saturated rings. The molecule has 3 aromatic rings. The molecule has 0 bridgehead atoms. The number of halogens is 1. The summed E-state index contributed by atoms with van der Waals surface area (Å²) in [6.45, 7) is 5.10. The van der Waals surface area contributed by atoms with Crippen molar-refractivity contribution in [1.29, 1.82) is 0 Å². The molecule has 1 unspecified atom stereocenters. The minimum absolute atomic E-state index is 0.0748. The van der Waals surface area contributed by atoms with Gasteiger partial charge < -0.3 is 10.2 Å². The average Bonchev–Trinajstić information content (AvgIpc) is 2.80. The van der Waals surface area contributed by atoms with Gasteiger partial charge in [0.1, 0.15) is 0 Å². The highest BCUT2D eigenvalue weighted by molar-refractivity contribution is 9.10. The normalized spacial score (nSPS) is 16.2. The van der Waals surface area contributed by atoms with Crippen molar-refractivity contribution in [3.05, 3.63) is 75.2 Å². The zero-order valence-electron chi connectivity index (χ0n) is 18.2. The summed E-state index contributed by atoms with van der Waals surface area (Å²) < 4.78 is 2.33. The first kappa shape index (κ1) is 22.6. The van der Waals surface area contributed by atoms with Gasteiger partial charge >= 0.3 is 0 Å². The number of hydrogen-bond donors (Lipinski definition) is 1. The van der Waals surface area contributed by atoms with Crippen LogP contribution in [0, 0.1) is 0 Å². The number of aromatic nitrogens is 2. The summed E-state index contributed by atoms with van der Waals surface area (Å²) in [7, 11) is 2.13. The van der Waals surface area contributed by atoms with E-state index in [9.17, 15) is 9.59 Å². The van der Waals surface area contributed by atoms with E-state index in [1.54, 1.807) is 12.1 Å². The summed E-state index contributed by atoms with van der Waals surface area (Å²) in [5.74, 6) is -0.0748. The van der Waals surface area contributed by atoms with Gasteiger partial charge in [0.25, 0.3) is 5.56 Å². The molecule has 32 heavy (non-hydrogen) atoms. The van der Waals surface area contributed by atoms with Gasteiger partial charge in [-0.15, -0.1) is 0 Å². The fourth-order valence-electron chi connectivity index (χ4n) is 3.99. The van der Waals surface area contributed by atoms with E-state index in [0.29, 0.717) is 10.9 Å². The van der Waals surface area contributed by atoms with Crippen LogP contribution in [0.4, 0.5) is 0 Å². The second-order valence-corrected chi connectivity index (χ2v) is 9.20. The third-order valence-electron chi connectivity index (χ3n) is 5.94. The predicted molar refractivity (Wildman–Crippen MR) is 130 cm³/mol. The number of rotatable bonds is 7. The Morgan fingerprint density at radius 3 is 2.62 bits per heavy atom. The van der Waals surface area contributed by atoms with Gasteiger partial charge in [-0.3, -0.25) is 19.1 Å². The molecule has 0 spiro atoms. The number of fused-ring (bicyclic) bond motifs is 1. The quantitative estimate of drug-likeness (QED) is 0.543. The van der Waals surface area contributed by atoms with Crippen LogP contribution in [-0.4, -0.2) is 65.0 Å². The molecule has 7 nitrogen and oxygen atoms in total. The number of benzene rings is 2. The number of hydrogen-bond acceptors (Lipinski definition) is 5. The summed E-state index contributed by atoms with van der Waals surface area (Å²) in [5, 5.41) is 3.73. The molecule has 168 valence electrons. The van der Waals surface area contributed by atoms with E-state index in [0.717, 1.165) is 42.8 Å². The fourth-order valence-corrected chi connectivity index (χ4v) is 4.35. The highest BCUT2D eigenvalue weighted by Gasteiger charge is 2.21. The first-order valence-corrected chi connectivity index (χ1v) is 11.7. The number of carbonyl (C=O) groups excluding carboxylic acids is 1. The Bertz CT molecular complexity index is 1130. The van der Waals surface area contributed by atoms with Crippen molar-refractivity contribution in [3.63, 3.8) is 0 Å². The first-order chi connectivity index (χ1) is 15.5. The third-order valence-corrected chi connectivity index (χ3v) is 6.43. The number of nitrogens with zero attached hydrogens (tertiary/aromatic N) is 4. The molecule has 1 saturated heterocycles. The number of amides is 1. The Hall–Kier alpha value is -2.55. The molecule has 0 radical (unpaired) electrons. The lowest BCUT2D eigenvalue weighted by Gasteiger charge is -2.35. The standard InChI is InChI=1S/C24H28BrN5O2/c1-28-11-13-29(14-12-28)16-22(18-5-3-2-4-6-18)27-23(31)9-10-30-17-26-21-8-7-19(25)15-20(21)24(30)32/h2-8,15,17,22H,9-14,16H2,1H3,(H,27,31). The Kier molecular flexibility index (Phi) is 7.34. The second-order valence-electron chi connectivity index (χ2n) is 8.29. The van der Waals surface area contributed by atoms with Crippen molar-refractivity contribution in [2.24, 2.45) is 0 Å². The molecule has 0 saturated carbocycles. The first-order valence-electron chi connectivity index (χ1n) is 10.9. The lowest BCUT2D eigenvalue weighted by molar-refractivity contribution is -0.122. The zero-order chi connectivity index (χ0) is 22.5. The molecule has 0 aliphatic carbocycles. The van der Waals surface area contributed by atoms with E-state index >= 15 is 0 Å². The Balaban J connectivity index is 1.42. The molecule has 1 aliphatic heterocycles. The van der Waals surface area contributed by atoms with Gasteiger partial charge in [0, 0.05) is 50.2 Å². The lowest BCUT2D eigenvalue weighted by atomic mass is 10.1. The third kappa shape index (κ3) is 5.62. The van der Waals surface area contributed by atoms with Gasteiger partial charge in [-0.05, 0) is 30.8 Å². The largest absolute Gasteiger partial charge is 0.348 e. The number of aryl methyl sites for hydroxylation is 1. The fraction of sp³-hybridized carbons (Fsp3) is 0.375. The Morgan fingerprint density at radius 2 is 1.88 bits per heavy atom. The van der Waals surface area contributed by atoms with Gasteiger partial charge in [0.2, 0.25) is 5.91 Å². The number of piperazine rings is 1. The van der Waals surface area contributed by atoms with Crippen molar-refractivity contribution in [3.8, 4) is 0 Å². The topological polar surface area (TPSA) is 70.5 Å². The summed E-state index contributed by atoms with van der Waals surface area (Å²) in [4.78, 5) is 34.7. The van der Waals surface area contributed by atoms with Crippen LogP contribution in [0.5, 0.6) is 0 Å². The Labute approximate surface area is 196 Å². The van der Waals surface area contributed by atoms with Crippen LogP contribution in [0.3, 0.4) is 0 Å². The van der Waals surface area contributed by atoms with Crippen LogP contribution in [0.2, 0.25) is 0 Å². The van der Waals surface area contributed by atoms with E-state index in [-0.39, 0.29) is 30.5 Å². The van der Waals surface area contributed by atoms with E-state index in [4.69, 9.17) is 0 Å². The van der Waals surface area contributed by atoms with E-state index in [2.05, 4.69) is 55.2 Å². The average molecular weight is 498 g/mol. The van der Waals surface area contributed by atoms with Gasteiger partial charge in [-0.2, -0.15) is 0 Å². The molecule has 2 heterocycles. The monoisotopic (exact) mass is 497 g/mol. The van der Waals surface area contributed by atoms with Crippen LogP contribution < -0.4 is 10.9 Å². The summed E-state index contributed by atoms with van der Waals surface area (Å²) in [6.07, 6.45) is 1.73. The maximum atomic E-state index is 12.8. The second kappa shape index (κ2) is 10.4. The molecule has 2 aromatic carbocycles. The zero-order valence-corrected chi connectivity index (χ0v) is 19.8. The minimum Gasteiger partial charge on any atom is -0.348 e. The Morgan fingerprint density at radius 1 is 1.12 bits per heavy atom. The van der Waals surface area contributed by atoms with Crippen molar-refractivity contribution in [1.82, 2.24) is 24.7 Å². The molecule has 1 aliphatic rings. The van der Waals surface area contributed by atoms with Crippen molar-refractivity contribution in [2.75, 3.05) is 39.8 Å². The van der Waals surface area contributed by atoms with E-state index < -0.39 is 0 Å². The highest BCUT2D eigenvalue weighted by Crippen LogP contribution is 2.17. The SMILES string of the molecule is CN1CCN(CC(NC(=O)CCn2cnc3ccc(Br)cc3c2=O)c2ccccc2)CC1. The van der Waals surface area contributed by atoms with Gasteiger partial charge in [-0.25, -0.2) is 4.98 Å². The molecule has 4 rings (SSSR count). The van der Waals surface area contributed by atoms with Crippen LogP contribution in [-0.2, 0) is 11.3 Å². The molecule has 8 heteroatoms. The van der Waals surface area contributed by atoms with Gasteiger partial charge in [0.15, 0.2) is 0 Å². The minimum atomic E-state index is -0.138. The summed E-state index contributed by atoms with van der Waals surface area (Å²) in [5.41, 5.74) is 1.60. The maximum Gasteiger partial charge on any atom is 0.261 e. The van der Waals surface area contributed by atoms with Crippen molar-refractivity contribution < 1.29 is 4.79 Å². The summed E-state index contributed by atoms with van der Waals surface area (Å²) >= 11 is 3.40. The van der Waals surface area contributed by atoms with Crippen molar-refractivity contribution in [2.45, 2.75) is 19.0 Å². The predicted octanol–water partition coefficient (Wildman–Crippen LogP) is 2.65. The molecular weight excluding hydrogens is 470 g/mol.